The number of nitrogens with zero attached hydrogens (tertiary/aromatic N) is 3. The molecule has 4 rings (SSSR count). The molecule has 9 nitrogen and oxygen atoms in total. The van der Waals surface area contributed by atoms with Gasteiger partial charge in [0.1, 0.15) is 23.3 Å². The van der Waals surface area contributed by atoms with Crippen molar-refractivity contribution in [3.63, 3.8) is 0 Å². The molecule has 0 bridgehead atoms. The quantitative estimate of drug-likeness (QED) is 0.369. The van der Waals surface area contributed by atoms with Gasteiger partial charge in [-0.25, -0.2) is 4.98 Å². The molecule has 2 aromatic rings. The van der Waals surface area contributed by atoms with E-state index >= 15 is 0 Å². The van der Waals surface area contributed by atoms with Gasteiger partial charge in [0.15, 0.2) is 0 Å². The highest BCUT2D eigenvalue weighted by Gasteiger charge is 2.40. The highest BCUT2D eigenvalue weighted by Crippen LogP contribution is 2.34. The molecule has 2 aliphatic rings. The van der Waals surface area contributed by atoms with Crippen LogP contribution >= 0.6 is 18.9 Å². The molecular formula is C29H41N5O4PS+. The van der Waals surface area contributed by atoms with Crippen molar-refractivity contribution in [1.82, 2.24) is 25.4 Å². The molecule has 2 aliphatic heterocycles. The number of aliphatic hydroxyl groups is 1. The molecule has 3 heterocycles. The molecule has 2 saturated heterocycles. The molecule has 40 heavy (non-hydrogen) atoms. The molecule has 0 aliphatic carbocycles. The summed E-state index contributed by atoms with van der Waals surface area (Å²) in [5.74, 6) is -0.361. The predicted molar refractivity (Wildman–Crippen MR) is 162 cm³/mol. The number of hydrogen-bond donors (Lipinski definition) is 3. The van der Waals surface area contributed by atoms with E-state index in [0.717, 1.165) is 23.5 Å². The zero-order chi connectivity index (χ0) is 29.0. The lowest BCUT2D eigenvalue weighted by atomic mass is 9.99. The summed E-state index contributed by atoms with van der Waals surface area (Å²) in [6, 6.07) is 5.17. The maximum absolute atomic E-state index is 13.5. The Balaban J connectivity index is 1.49. The van der Waals surface area contributed by atoms with E-state index in [2.05, 4.69) is 35.8 Å². The Morgan fingerprint density at radius 1 is 1.30 bits per heavy atom. The van der Waals surface area contributed by atoms with Gasteiger partial charge >= 0.3 is 0 Å². The highest BCUT2D eigenvalue weighted by atomic mass is 32.1. The van der Waals surface area contributed by atoms with E-state index in [4.69, 9.17) is 0 Å². The molecule has 216 valence electrons. The predicted octanol–water partition coefficient (Wildman–Crippen LogP) is 2.89. The monoisotopic (exact) mass is 586 g/mol. The Kier molecular flexibility index (Phi) is 10.1. The lowest BCUT2D eigenvalue weighted by molar-refractivity contribution is -0.140. The Morgan fingerprint density at radius 3 is 2.73 bits per heavy atom. The molecule has 0 spiro atoms. The third-order valence-electron chi connectivity index (χ3n) is 7.30. The van der Waals surface area contributed by atoms with E-state index in [9.17, 15) is 19.5 Å². The molecule has 11 heteroatoms. The minimum Gasteiger partial charge on any atom is -0.389 e. The first-order valence-electron chi connectivity index (χ1n) is 13.9. The van der Waals surface area contributed by atoms with E-state index in [0.29, 0.717) is 49.4 Å². The minimum atomic E-state index is -1.12. The Morgan fingerprint density at radius 2 is 2.05 bits per heavy atom. The van der Waals surface area contributed by atoms with Gasteiger partial charge < -0.3 is 25.5 Å². The molecule has 1 aromatic heterocycles. The molecule has 2 fully saturated rings. The molecule has 0 radical (unpaired) electrons. The standard InChI is InChI=1S/C29H40N5O4PS/c1-18(2)15-33-13-11-30-24(29(33)38)25(35)22(16-39(4)5)32-26(36)20-8-6-9-21(14-20)28(37)34-12-7-10-23(34)27-31-19(3)17-40-27/h6,8-9,14,17-18,22-25,30,35H,4,7,10-13,15-16H2,1-3,5H3/p+1. The summed E-state index contributed by atoms with van der Waals surface area (Å²) < 4.78 is 0. The summed E-state index contributed by atoms with van der Waals surface area (Å²) in [5.41, 5.74) is 1.72. The largest absolute Gasteiger partial charge is 0.389 e. The zero-order valence-electron chi connectivity index (χ0n) is 23.8. The molecule has 1 aromatic carbocycles. The van der Waals surface area contributed by atoms with Crippen molar-refractivity contribution >= 4 is 42.9 Å². The molecule has 0 saturated carbocycles. The van der Waals surface area contributed by atoms with Crippen molar-refractivity contribution in [1.29, 1.82) is 0 Å². The van der Waals surface area contributed by atoms with Crippen LogP contribution in [0.4, 0.5) is 0 Å². The van der Waals surface area contributed by atoms with Crippen LogP contribution in [0.1, 0.15) is 64.1 Å². The number of thiazole rings is 1. The third-order valence-corrected chi connectivity index (χ3v) is 9.38. The summed E-state index contributed by atoms with van der Waals surface area (Å²) in [6.07, 6.45) is 5.22. The first-order chi connectivity index (χ1) is 19.0. The second-order valence-electron chi connectivity index (χ2n) is 11.3. The number of aryl methyl sites for hydroxylation is 1. The lowest BCUT2D eigenvalue weighted by Crippen LogP contribution is -2.64. The van der Waals surface area contributed by atoms with Crippen molar-refractivity contribution in [3.8, 4) is 0 Å². The summed E-state index contributed by atoms with van der Waals surface area (Å²) in [6.45, 7) is 10.5. The average Bonchev–Trinajstić information content (AvgIpc) is 3.57. The second kappa shape index (κ2) is 13.3. The Hall–Kier alpha value is -2.65. The van der Waals surface area contributed by atoms with E-state index in [-0.39, 0.29) is 17.9 Å². The number of amides is 3. The van der Waals surface area contributed by atoms with Crippen LogP contribution in [0.25, 0.3) is 0 Å². The summed E-state index contributed by atoms with van der Waals surface area (Å²) >= 11 is 1.57. The Labute approximate surface area is 241 Å². The molecule has 3 N–H and O–H groups in total. The number of carbonyl (C=O) groups is 3. The van der Waals surface area contributed by atoms with Gasteiger partial charge in [0.05, 0.1) is 32.6 Å². The minimum absolute atomic E-state index is 0.0557. The fourth-order valence-electron chi connectivity index (χ4n) is 5.45. The second-order valence-corrected chi connectivity index (χ2v) is 14.3. The normalized spacial score (nSPS) is 21.4. The first kappa shape index (κ1) is 30.3. The van der Waals surface area contributed by atoms with Gasteiger partial charge in [0.2, 0.25) is 5.91 Å². The fraction of sp³-hybridized carbons (Fsp3) is 0.552. The van der Waals surface area contributed by atoms with Crippen molar-refractivity contribution in [2.24, 2.45) is 5.92 Å². The van der Waals surface area contributed by atoms with E-state index in [1.165, 1.54) is 0 Å². The first-order valence-corrected chi connectivity index (χ1v) is 16.9. The SMILES string of the molecule is C=[P+](C)CC(NC(=O)c1cccc(C(=O)N2CCCC2c2nc(C)cs2)c1)C(O)C1NCCN(CC(C)C)C1=O. The summed E-state index contributed by atoms with van der Waals surface area (Å²) in [5, 5.41) is 20.4. The van der Waals surface area contributed by atoms with Crippen LogP contribution in [0.2, 0.25) is 0 Å². The van der Waals surface area contributed by atoms with Gasteiger partial charge in [0.25, 0.3) is 11.8 Å². The van der Waals surface area contributed by atoms with Gasteiger partial charge in [-0.15, -0.1) is 11.3 Å². The van der Waals surface area contributed by atoms with Crippen LogP contribution in [0.15, 0.2) is 29.6 Å². The van der Waals surface area contributed by atoms with Gasteiger partial charge in [-0.2, -0.15) is 0 Å². The van der Waals surface area contributed by atoms with Crippen molar-refractivity contribution < 1.29 is 19.5 Å². The number of carbonyl (C=O) groups excluding carboxylic acids is 3. The highest BCUT2D eigenvalue weighted by molar-refractivity contribution is 7.55. The van der Waals surface area contributed by atoms with Crippen LogP contribution < -0.4 is 10.6 Å². The number of aliphatic hydroxyl groups excluding tert-OH is 1. The fourth-order valence-corrected chi connectivity index (χ4v) is 7.37. The maximum atomic E-state index is 13.5. The van der Waals surface area contributed by atoms with Gasteiger partial charge in [0, 0.05) is 48.4 Å². The number of rotatable bonds is 10. The third kappa shape index (κ3) is 7.16. The van der Waals surface area contributed by atoms with Gasteiger partial charge in [-0.3, -0.25) is 14.4 Å². The number of piperazine rings is 1. The number of hydrogen-bond acceptors (Lipinski definition) is 7. The zero-order valence-corrected chi connectivity index (χ0v) is 25.5. The summed E-state index contributed by atoms with van der Waals surface area (Å²) in [7, 11) is -0.724. The Bertz CT molecular complexity index is 1250. The molecule has 5 unspecified atom stereocenters. The van der Waals surface area contributed by atoms with Crippen LogP contribution in [0.5, 0.6) is 0 Å². The van der Waals surface area contributed by atoms with Gasteiger partial charge in [-0.05, 0) is 43.9 Å². The smallest absolute Gasteiger partial charge is 0.254 e. The van der Waals surface area contributed by atoms with Crippen LogP contribution in [0, 0.1) is 12.8 Å². The van der Waals surface area contributed by atoms with Crippen LogP contribution in [-0.2, 0) is 4.79 Å². The van der Waals surface area contributed by atoms with E-state index in [1.807, 2.05) is 23.9 Å². The number of nitrogens with one attached hydrogen (secondary N) is 2. The number of benzene rings is 1. The maximum Gasteiger partial charge on any atom is 0.254 e. The molecular weight excluding hydrogens is 545 g/mol. The van der Waals surface area contributed by atoms with Crippen LogP contribution in [-0.4, -0.2) is 101 Å². The van der Waals surface area contributed by atoms with E-state index in [1.54, 1.807) is 40.5 Å². The average molecular weight is 587 g/mol. The summed E-state index contributed by atoms with van der Waals surface area (Å²) in [4.78, 5) is 48.3. The lowest BCUT2D eigenvalue weighted by Gasteiger charge is -2.38. The number of aromatic nitrogens is 1. The topological polar surface area (TPSA) is 115 Å². The van der Waals surface area contributed by atoms with Crippen molar-refractivity contribution in [2.75, 3.05) is 39.0 Å². The van der Waals surface area contributed by atoms with Gasteiger partial charge in [-0.1, -0.05) is 19.9 Å². The van der Waals surface area contributed by atoms with E-state index < -0.39 is 31.6 Å². The van der Waals surface area contributed by atoms with Crippen molar-refractivity contribution in [2.45, 2.75) is 57.8 Å². The molecule has 5 atom stereocenters. The molecule has 3 amide bonds. The van der Waals surface area contributed by atoms with Crippen molar-refractivity contribution in [3.05, 3.63) is 51.5 Å². The number of likely N-dealkylation sites (tertiary alicyclic amines) is 1. The van der Waals surface area contributed by atoms with Crippen LogP contribution in [0.3, 0.4) is 0 Å².